The minimum Gasteiger partial charge on any atom is -0.481 e. The summed E-state index contributed by atoms with van der Waals surface area (Å²) in [5, 5.41) is 8.66. The summed E-state index contributed by atoms with van der Waals surface area (Å²) < 4.78 is 1.01. The fourth-order valence-electron chi connectivity index (χ4n) is 1.48. The molecule has 0 atom stereocenters. The van der Waals surface area contributed by atoms with Gasteiger partial charge in [-0.05, 0) is 29.5 Å². The lowest BCUT2D eigenvalue weighted by Gasteiger charge is -2.08. The van der Waals surface area contributed by atoms with E-state index in [1.54, 1.807) is 0 Å². The van der Waals surface area contributed by atoms with Gasteiger partial charge in [-0.15, -0.1) is 0 Å². The average molecular weight is 271 g/mol. The number of rotatable bonds is 4. The molecule has 0 saturated heterocycles. The summed E-state index contributed by atoms with van der Waals surface area (Å²) in [6.07, 6.45) is 1.09. The van der Waals surface area contributed by atoms with Crippen LogP contribution in [0.2, 0.25) is 0 Å². The summed E-state index contributed by atoms with van der Waals surface area (Å²) in [6.45, 7) is 4.33. The smallest absolute Gasteiger partial charge is 0.307 e. The molecule has 0 amide bonds. The molecule has 0 saturated carbocycles. The SMILES string of the molecule is CC(C)Cc1ccc(CC(=O)O)cc1Br. The molecule has 82 valence electrons. The third kappa shape index (κ3) is 4.04. The van der Waals surface area contributed by atoms with Gasteiger partial charge in [0.25, 0.3) is 0 Å². The van der Waals surface area contributed by atoms with E-state index in [1.165, 1.54) is 5.56 Å². The third-order valence-electron chi connectivity index (χ3n) is 2.10. The molecule has 0 heterocycles. The Balaban J connectivity index is 2.83. The fraction of sp³-hybridized carbons (Fsp3) is 0.417. The van der Waals surface area contributed by atoms with Gasteiger partial charge in [0.15, 0.2) is 0 Å². The van der Waals surface area contributed by atoms with Crippen molar-refractivity contribution in [3.63, 3.8) is 0 Å². The molecule has 0 bridgehead atoms. The van der Waals surface area contributed by atoms with Crippen LogP contribution in [0.5, 0.6) is 0 Å². The minimum atomic E-state index is -0.793. The standard InChI is InChI=1S/C12H15BrO2/c1-8(2)5-10-4-3-9(6-11(10)13)7-12(14)15/h3-4,6,8H,5,7H2,1-2H3,(H,14,15). The van der Waals surface area contributed by atoms with Crippen molar-refractivity contribution in [1.29, 1.82) is 0 Å². The van der Waals surface area contributed by atoms with Crippen LogP contribution >= 0.6 is 15.9 Å². The van der Waals surface area contributed by atoms with Crippen molar-refractivity contribution >= 4 is 21.9 Å². The Bertz CT molecular complexity index is 359. The highest BCUT2D eigenvalue weighted by molar-refractivity contribution is 9.10. The van der Waals surface area contributed by atoms with E-state index in [9.17, 15) is 4.79 Å². The van der Waals surface area contributed by atoms with Gasteiger partial charge in [-0.3, -0.25) is 4.79 Å². The first-order valence-electron chi connectivity index (χ1n) is 4.98. The molecule has 0 radical (unpaired) electrons. The molecule has 0 fully saturated rings. The maximum atomic E-state index is 10.5. The van der Waals surface area contributed by atoms with Gasteiger partial charge in [0.05, 0.1) is 6.42 Å². The molecular formula is C12H15BrO2. The van der Waals surface area contributed by atoms with Crippen LogP contribution in [0.4, 0.5) is 0 Å². The summed E-state index contributed by atoms with van der Waals surface area (Å²) in [4.78, 5) is 10.5. The lowest BCUT2D eigenvalue weighted by atomic mass is 10.0. The summed E-state index contributed by atoms with van der Waals surface area (Å²) >= 11 is 3.47. The Hall–Kier alpha value is -0.830. The fourth-order valence-corrected chi connectivity index (χ4v) is 2.07. The van der Waals surface area contributed by atoms with Gasteiger partial charge < -0.3 is 5.11 Å². The lowest BCUT2D eigenvalue weighted by Crippen LogP contribution is -2.01. The highest BCUT2D eigenvalue weighted by Gasteiger charge is 2.06. The van der Waals surface area contributed by atoms with E-state index >= 15 is 0 Å². The van der Waals surface area contributed by atoms with Crippen LogP contribution in [0, 0.1) is 5.92 Å². The number of hydrogen-bond donors (Lipinski definition) is 1. The van der Waals surface area contributed by atoms with Gasteiger partial charge in [-0.25, -0.2) is 0 Å². The quantitative estimate of drug-likeness (QED) is 0.912. The summed E-state index contributed by atoms with van der Waals surface area (Å²) in [5.41, 5.74) is 2.07. The summed E-state index contributed by atoms with van der Waals surface area (Å²) in [6, 6.07) is 5.78. The molecule has 0 aromatic heterocycles. The average Bonchev–Trinajstić information content (AvgIpc) is 2.08. The van der Waals surface area contributed by atoms with Crippen LogP contribution in [0.1, 0.15) is 25.0 Å². The first-order chi connectivity index (χ1) is 6.99. The van der Waals surface area contributed by atoms with Crippen molar-refractivity contribution in [2.45, 2.75) is 26.7 Å². The summed E-state index contributed by atoms with van der Waals surface area (Å²) in [5.74, 6) is -0.190. The number of carbonyl (C=O) groups is 1. The highest BCUT2D eigenvalue weighted by atomic mass is 79.9. The zero-order chi connectivity index (χ0) is 11.4. The van der Waals surface area contributed by atoms with Gasteiger partial charge in [0, 0.05) is 4.47 Å². The Kier molecular flexibility index (Phi) is 4.33. The topological polar surface area (TPSA) is 37.3 Å². The van der Waals surface area contributed by atoms with Gasteiger partial charge in [-0.2, -0.15) is 0 Å². The number of hydrogen-bond acceptors (Lipinski definition) is 1. The van der Waals surface area contributed by atoms with Gasteiger partial charge in [0.2, 0.25) is 0 Å². The maximum Gasteiger partial charge on any atom is 0.307 e. The van der Waals surface area contributed by atoms with Crippen LogP contribution in [0.25, 0.3) is 0 Å². The van der Waals surface area contributed by atoms with Crippen LogP contribution in [0.3, 0.4) is 0 Å². The van der Waals surface area contributed by atoms with E-state index in [4.69, 9.17) is 5.11 Å². The maximum absolute atomic E-state index is 10.5. The van der Waals surface area contributed by atoms with Crippen LogP contribution in [-0.4, -0.2) is 11.1 Å². The zero-order valence-electron chi connectivity index (χ0n) is 8.96. The molecule has 3 heteroatoms. The van der Waals surface area contributed by atoms with E-state index in [2.05, 4.69) is 29.8 Å². The monoisotopic (exact) mass is 270 g/mol. The molecule has 0 aliphatic carbocycles. The minimum absolute atomic E-state index is 0.0839. The van der Waals surface area contributed by atoms with E-state index in [0.717, 1.165) is 16.5 Å². The third-order valence-corrected chi connectivity index (χ3v) is 2.84. The van der Waals surface area contributed by atoms with Crippen LogP contribution < -0.4 is 0 Å². The second-order valence-electron chi connectivity index (χ2n) is 4.09. The molecular weight excluding hydrogens is 256 g/mol. The predicted molar refractivity (Wildman–Crippen MR) is 64.0 cm³/mol. The van der Waals surface area contributed by atoms with Gasteiger partial charge in [-0.1, -0.05) is 41.9 Å². The Morgan fingerprint density at radius 2 is 2.13 bits per heavy atom. The molecule has 1 rings (SSSR count). The molecule has 0 spiro atoms. The van der Waals surface area contributed by atoms with Crippen LogP contribution in [0.15, 0.2) is 22.7 Å². The largest absolute Gasteiger partial charge is 0.481 e. The van der Waals surface area contributed by atoms with Crippen molar-refractivity contribution < 1.29 is 9.90 Å². The highest BCUT2D eigenvalue weighted by Crippen LogP contribution is 2.21. The second-order valence-corrected chi connectivity index (χ2v) is 4.95. The molecule has 1 N–H and O–H groups in total. The molecule has 0 unspecified atom stereocenters. The zero-order valence-corrected chi connectivity index (χ0v) is 10.5. The van der Waals surface area contributed by atoms with Gasteiger partial charge >= 0.3 is 5.97 Å². The Morgan fingerprint density at radius 1 is 1.47 bits per heavy atom. The molecule has 1 aromatic carbocycles. The van der Waals surface area contributed by atoms with E-state index in [1.807, 2.05) is 18.2 Å². The van der Waals surface area contributed by atoms with E-state index in [0.29, 0.717) is 5.92 Å². The van der Waals surface area contributed by atoms with E-state index < -0.39 is 5.97 Å². The van der Waals surface area contributed by atoms with Crippen molar-refractivity contribution in [3.05, 3.63) is 33.8 Å². The number of carboxylic acids is 1. The first kappa shape index (κ1) is 12.2. The Labute approximate surface area is 98.4 Å². The Morgan fingerprint density at radius 3 is 2.60 bits per heavy atom. The number of benzene rings is 1. The summed E-state index contributed by atoms with van der Waals surface area (Å²) in [7, 11) is 0. The molecule has 1 aromatic rings. The molecule has 0 aliphatic rings. The van der Waals surface area contributed by atoms with Crippen molar-refractivity contribution in [2.75, 3.05) is 0 Å². The molecule has 15 heavy (non-hydrogen) atoms. The number of carboxylic acid groups (broad SMARTS) is 1. The van der Waals surface area contributed by atoms with Crippen molar-refractivity contribution in [1.82, 2.24) is 0 Å². The van der Waals surface area contributed by atoms with Crippen molar-refractivity contribution in [2.24, 2.45) is 5.92 Å². The van der Waals surface area contributed by atoms with Gasteiger partial charge in [0.1, 0.15) is 0 Å². The van der Waals surface area contributed by atoms with E-state index in [-0.39, 0.29) is 6.42 Å². The second kappa shape index (κ2) is 5.31. The predicted octanol–water partition coefficient (Wildman–Crippen LogP) is 3.27. The lowest BCUT2D eigenvalue weighted by molar-refractivity contribution is -0.136. The van der Waals surface area contributed by atoms with Crippen molar-refractivity contribution in [3.8, 4) is 0 Å². The molecule has 2 nitrogen and oxygen atoms in total. The number of aliphatic carboxylic acids is 1. The molecule has 0 aliphatic heterocycles. The van der Waals surface area contributed by atoms with Crippen LogP contribution in [-0.2, 0) is 17.6 Å². The number of halogens is 1. The first-order valence-corrected chi connectivity index (χ1v) is 5.77. The normalized spacial score (nSPS) is 10.7.